The van der Waals surface area contributed by atoms with E-state index in [1.807, 2.05) is 54.6 Å². The van der Waals surface area contributed by atoms with Gasteiger partial charge in [0, 0.05) is 18.4 Å². The van der Waals surface area contributed by atoms with Gasteiger partial charge >= 0.3 is 11.7 Å². The number of rotatable bonds is 5. The molecular formula is C27H22N3O4+. The Labute approximate surface area is 196 Å². The van der Waals surface area contributed by atoms with E-state index in [1.54, 1.807) is 29.0 Å². The molecule has 0 spiro atoms. The van der Waals surface area contributed by atoms with Gasteiger partial charge in [0.15, 0.2) is 17.5 Å². The predicted molar refractivity (Wildman–Crippen MR) is 125 cm³/mol. The number of hydrogen-bond donors (Lipinski definition) is 2. The normalized spacial score (nSPS) is 15.8. The highest BCUT2D eigenvalue weighted by Crippen LogP contribution is 2.33. The maximum absolute atomic E-state index is 13.5. The number of benzene rings is 3. The van der Waals surface area contributed by atoms with Gasteiger partial charge in [0.1, 0.15) is 23.3 Å². The molecule has 7 heteroatoms. The summed E-state index contributed by atoms with van der Waals surface area (Å²) in [6.07, 6.45) is 2.82. The second kappa shape index (κ2) is 8.19. The molecule has 0 saturated heterocycles. The zero-order chi connectivity index (χ0) is 23.1. The molecule has 7 nitrogen and oxygen atoms in total. The van der Waals surface area contributed by atoms with Crippen molar-refractivity contribution >= 4 is 11.7 Å². The van der Waals surface area contributed by atoms with E-state index >= 15 is 0 Å². The SMILES string of the molecule is O=C1C(Cc2ccc3c(c2)OCO3)Nc2c(Cc3ccccc3)nc(-c3cccc(O)c3)c[n+]21. The average molecular weight is 452 g/mol. The number of carbonyl (C=O) groups excluding carboxylic acids is 1. The van der Waals surface area contributed by atoms with Crippen molar-refractivity contribution in [3.63, 3.8) is 0 Å². The minimum Gasteiger partial charge on any atom is -0.508 e. The van der Waals surface area contributed by atoms with E-state index in [0.717, 1.165) is 28.1 Å². The van der Waals surface area contributed by atoms with Gasteiger partial charge in [-0.25, -0.2) is 9.78 Å². The third-order valence-electron chi connectivity index (χ3n) is 6.10. The van der Waals surface area contributed by atoms with Crippen LogP contribution in [0.25, 0.3) is 11.3 Å². The van der Waals surface area contributed by atoms with Crippen molar-refractivity contribution in [2.45, 2.75) is 18.9 Å². The summed E-state index contributed by atoms with van der Waals surface area (Å²) in [7, 11) is 0. The van der Waals surface area contributed by atoms with Crippen molar-refractivity contribution in [3.05, 3.63) is 95.8 Å². The first-order chi connectivity index (χ1) is 16.6. The van der Waals surface area contributed by atoms with Gasteiger partial charge < -0.3 is 14.6 Å². The number of carbonyl (C=O) groups is 1. The minimum atomic E-state index is -0.434. The number of anilines is 1. The second-order valence-corrected chi connectivity index (χ2v) is 8.43. The first kappa shape index (κ1) is 20.2. The van der Waals surface area contributed by atoms with Crippen LogP contribution in [0.1, 0.15) is 21.6 Å². The number of nitrogens with one attached hydrogen (secondary N) is 1. The zero-order valence-electron chi connectivity index (χ0n) is 18.3. The lowest BCUT2D eigenvalue weighted by Gasteiger charge is -2.07. The highest BCUT2D eigenvalue weighted by molar-refractivity contribution is 5.83. The molecule has 1 aromatic heterocycles. The van der Waals surface area contributed by atoms with Gasteiger partial charge in [0.25, 0.3) is 0 Å². The summed E-state index contributed by atoms with van der Waals surface area (Å²) in [6, 6.07) is 22.3. The van der Waals surface area contributed by atoms with Crippen molar-refractivity contribution in [2.75, 3.05) is 12.1 Å². The highest BCUT2D eigenvalue weighted by Gasteiger charge is 2.41. The van der Waals surface area contributed by atoms with Crippen LogP contribution in [0.3, 0.4) is 0 Å². The van der Waals surface area contributed by atoms with E-state index in [9.17, 15) is 9.90 Å². The molecule has 3 heterocycles. The van der Waals surface area contributed by atoms with Crippen molar-refractivity contribution in [2.24, 2.45) is 0 Å². The number of phenols is 1. The fraction of sp³-hybridized carbons (Fsp3) is 0.148. The summed E-state index contributed by atoms with van der Waals surface area (Å²) < 4.78 is 12.5. The number of hydrogen-bond acceptors (Lipinski definition) is 6. The molecule has 34 heavy (non-hydrogen) atoms. The molecule has 1 atom stereocenters. The first-order valence-corrected chi connectivity index (χ1v) is 11.1. The van der Waals surface area contributed by atoms with E-state index in [-0.39, 0.29) is 18.4 Å². The summed E-state index contributed by atoms with van der Waals surface area (Å²) in [5, 5.41) is 13.4. The van der Waals surface area contributed by atoms with Gasteiger partial charge in [0.2, 0.25) is 6.79 Å². The van der Waals surface area contributed by atoms with Gasteiger partial charge in [-0.15, -0.1) is 0 Å². The standard InChI is InChI=1S/C27H21N3O4/c31-20-8-4-7-19(14-20)23-15-30-26(21(28-23)11-17-5-2-1-3-6-17)29-22(27(30)32)12-18-9-10-24-25(13-18)34-16-33-24/h1-10,13-15,22,31H,11-12,16H2/p+1. The Morgan fingerprint density at radius 3 is 2.68 bits per heavy atom. The van der Waals surface area contributed by atoms with Crippen molar-refractivity contribution in [1.82, 2.24) is 4.98 Å². The highest BCUT2D eigenvalue weighted by atomic mass is 16.7. The molecule has 0 aliphatic carbocycles. The molecule has 2 aliphatic heterocycles. The Bertz CT molecular complexity index is 1400. The lowest BCUT2D eigenvalue weighted by atomic mass is 10.1. The van der Waals surface area contributed by atoms with E-state index in [2.05, 4.69) is 5.32 Å². The van der Waals surface area contributed by atoms with Crippen molar-refractivity contribution in [3.8, 4) is 28.5 Å². The molecule has 2 aliphatic rings. The minimum absolute atomic E-state index is 0.0502. The molecule has 0 fully saturated rings. The number of aromatic hydroxyl groups is 1. The number of aromatic nitrogens is 2. The van der Waals surface area contributed by atoms with E-state index in [0.29, 0.717) is 30.1 Å². The maximum Gasteiger partial charge on any atom is 0.359 e. The van der Waals surface area contributed by atoms with Crippen LogP contribution in [-0.2, 0) is 12.8 Å². The van der Waals surface area contributed by atoms with E-state index in [1.165, 1.54) is 0 Å². The van der Waals surface area contributed by atoms with Crippen molar-refractivity contribution in [1.29, 1.82) is 0 Å². The van der Waals surface area contributed by atoms with Gasteiger partial charge in [-0.1, -0.05) is 48.5 Å². The Balaban J connectivity index is 1.37. The quantitative estimate of drug-likeness (QED) is 0.449. The number of nitrogens with zero attached hydrogens (tertiary/aromatic N) is 2. The topological polar surface area (TPSA) is 84.6 Å². The summed E-state index contributed by atoms with van der Waals surface area (Å²) >= 11 is 0. The predicted octanol–water partition coefficient (Wildman–Crippen LogP) is 3.74. The summed E-state index contributed by atoms with van der Waals surface area (Å²) in [5.41, 5.74) is 4.23. The van der Waals surface area contributed by atoms with Gasteiger partial charge in [0.05, 0.1) is 0 Å². The van der Waals surface area contributed by atoms with Crippen LogP contribution in [0, 0.1) is 0 Å². The molecule has 0 amide bonds. The number of fused-ring (bicyclic) bond motifs is 2. The molecule has 3 aromatic carbocycles. The lowest BCUT2D eigenvalue weighted by Crippen LogP contribution is -2.44. The molecular weight excluding hydrogens is 430 g/mol. The van der Waals surface area contributed by atoms with Crippen LogP contribution in [0.2, 0.25) is 0 Å². The van der Waals surface area contributed by atoms with Crippen molar-refractivity contribution < 1.29 is 23.9 Å². The molecule has 2 N–H and O–H groups in total. The largest absolute Gasteiger partial charge is 0.508 e. The molecule has 1 unspecified atom stereocenters. The molecule has 4 aromatic rings. The Morgan fingerprint density at radius 2 is 1.82 bits per heavy atom. The van der Waals surface area contributed by atoms with Gasteiger partial charge in [-0.2, -0.15) is 4.57 Å². The third-order valence-corrected chi connectivity index (χ3v) is 6.10. The summed E-state index contributed by atoms with van der Waals surface area (Å²) in [5.74, 6) is 2.22. The van der Waals surface area contributed by atoms with Gasteiger partial charge in [-0.3, -0.25) is 5.32 Å². The second-order valence-electron chi connectivity index (χ2n) is 8.43. The lowest BCUT2D eigenvalue weighted by molar-refractivity contribution is -0.552. The number of phenolic OH excluding ortho intramolecular Hbond substituents is 1. The Hall–Kier alpha value is -4.39. The molecule has 0 saturated carbocycles. The average Bonchev–Trinajstić information content (AvgIpc) is 3.44. The van der Waals surface area contributed by atoms with E-state index < -0.39 is 6.04 Å². The third kappa shape index (κ3) is 3.71. The molecule has 0 radical (unpaired) electrons. The molecule has 0 bridgehead atoms. The van der Waals surface area contributed by atoms with Gasteiger partial charge in [-0.05, 0) is 35.4 Å². The van der Waals surface area contributed by atoms with Crippen LogP contribution >= 0.6 is 0 Å². The summed E-state index contributed by atoms with van der Waals surface area (Å²) in [6.45, 7) is 0.215. The fourth-order valence-electron chi connectivity index (χ4n) is 4.43. The smallest absolute Gasteiger partial charge is 0.359 e. The zero-order valence-corrected chi connectivity index (χ0v) is 18.3. The Kier molecular flexibility index (Phi) is 4.87. The molecule has 168 valence electrons. The van der Waals surface area contributed by atoms with Crippen LogP contribution in [-0.4, -0.2) is 28.8 Å². The fourth-order valence-corrected chi connectivity index (χ4v) is 4.43. The van der Waals surface area contributed by atoms with Crippen LogP contribution < -0.4 is 19.4 Å². The molecule has 6 rings (SSSR count). The number of ether oxygens (including phenoxy) is 2. The first-order valence-electron chi connectivity index (χ1n) is 11.1. The van der Waals surface area contributed by atoms with Crippen LogP contribution in [0.15, 0.2) is 79.0 Å². The summed E-state index contributed by atoms with van der Waals surface area (Å²) in [4.78, 5) is 18.3. The van der Waals surface area contributed by atoms with Crippen LogP contribution in [0.4, 0.5) is 5.82 Å². The maximum atomic E-state index is 13.5. The van der Waals surface area contributed by atoms with E-state index in [4.69, 9.17) is 14.5 Å². The Morgan fingerprint density at radius 1 is 0.971 bits per heavy atom. The monoisotopic (exact) mass is 452 g/mol. The van der Waals surface area contributed by atoms with Crippen LogP contribution in [0.5, 0.6) is 17.2 Å².